The summed E-state index contributed by atoms with van der Waals surface area (Å²) >= 11 is 5.30. The summed E-state index contributed by atoms with van der Waals surface area (Å²) in [5.74, 6) is 1.89. The van der Waals surface area contributed by atoms with Crippen LogP contribution in [0.15, 0.2) is 47.6 Å². The molecule has 0 radical (unpaired) electrons. The number of nitrogens with one attached hydrogen (secondary N) is 1. The van der Waals surface area contributed by atoms with Crippen LogP contribution in [-0.4, -0.2) is 35.3 Å². The van der Waals surface area contributed by atoms with Crippen LogP contribution >= 0.6 is 12.2 Å². The monoisotopic (exact) mass is 354 g/mol. The maximum Gasteiger partial charge on any atom is 0.216 e. The number of hydrogen-bond acceptors (Lipinski definition) is 5. The third kappa shape index (κ3) is 3.61. The van der Waals surface area contributed by atoms with E-state index >= 15 is 0 Å². The van der Waals surface area contributed by atoms with Gasteiger partial charge in [0.1, 0.15) is 11.5 Å². The van der Waals surface area contributed by atoms with E-state index in [9.17, 15) is 0 Å². The number of rotatable bonds is 5. The molecule has 1 aromatic heterocycles. The van der Waals surface area contributed by atoms with Gasteiger partial charge in [-0.05, 0) is 36.8 Å². The minimum Gasteiger partial charge on any atom is -0.497 e. The van der Waals surface area contributed by atoms with Crippen molar-refractivity contribution >= 4 is 18.4 Å². The predicted octanol–water partition coefficient (Wildman–Crippen LogP) is 3.82. The predicted molar refractivity (Wildman–Crippen MR) is 100 cm³/mol. The van der Waals surface area contributed by atoms with Crippen molar-refractivity contribution in [3.8, 4) is 22.9 Å². The van der Waals surface area contributed by atoms with Crippen LogP contribution < -0.4 is 9.47 Å². The molecule has 0 aliphatic rings. The molecule has 0 aliphatic carbocycles. The fourth-order valence-corrected chi connectivity index (χ4v) is 2.51. The van der Waals surface area contributed by atoms with Crippen molar-refractivity contribution in [1.82, 2.24) is 14.9 Å². The van der Waals surface area contributed by atoms with Crippen molar-refractivity contribution in [2.45, 2.75) is 6.92 Å². The lowest BCUT2D eigenvalue weighted by Crippen LogP contribution is -1.98. The highest BCUT2D eigenvalue weighted by molar-refractivity contribution is 7.71. The average Bonchev–Trinajstić information content (AvgIpc) is 3.01. The summed E-state index contributed by atoms with van der Waals surface area (Å²) in [6.45, 7) is 2.04. The van der Waals surface area contributed by atoms with E-state index in [2.05, 4.69) is 15.3 Å². The Bertz CT molecular complexity index is 958. The minimum atomic E-state index is 0.399. The van der Waals surface area contributed by atoms with Crippen LogP contribution in [0, 0.1) is 11.7 Å². The van der Waals surface area contributed by atoms with E-state index < -0.39 is 0 Å². The van der Waals surface area contributed by atoms with Crippen molar-refractivity contribution in [3.63, 3.8) is 0 Å². The van der Waals surface area contributed by atoms with E-state index in [1.807, 2.05) is 43.3 Å². The van der Waals surface area contributed by atoms with Crippen molar-refractivity contribution in [2.75, 3.05) is 14.2 Å². The summed E-state index contributed by atoms with van der Waals surface area (Å²) in [6.07, 6.45) is 1.74. The first-order chi connectivity index (χ1) is 12.1. The summed E-state index contributed by atoms with van der Waals surface area (Å²) in [4.78, 5) is 0. The van der Waals surface area contributed by atoms with Crippen LogP contribution in [0.4, 0.5) is 0 Å². The molecule has 128 valence electrons. The van der Waals surface area contributed by atoms with Gasteiger partial charge in [0.2, 0.25) is 4.77 Å². The summed E-state index contributed by atoms with van der Waals surface area (Å²) in [7, 11) is 3.20. The van der Waals surface area contributed by atoms with E-state index in [1.165, 1.54) is 5.56 Å². The molecule has 0 amide bonds. The standard InChI is InChI=1S/C18H18N4O2S/c1-12-4-6-13(7-5-12)11-19-22-17(20-21-18(22)25)15-9-8-14(23-2)10-16(15)24-3/h4-11H,1-3H3,(H,21,25)/b19-11-. The van der Waals surface area contributed by atoms with E-state index in [0.29, 0.717) is 22.1 Å². The summed E-state index contributed by atoms with van der Waals surface area (Å²) < 4.78 is 12.7. The summed E-state index contributed by atoms with van der Waals surface area (Å²) in [5, 5.41) is 11.5. The van der Waals surface area contributed by atoms with Crippen LogP contribution in [0.3, 0.4) is 0 Å². The molecule has 0 saturated carbocycles. The van der Waals surface area contributed by atoms with Crippen LogP contribution in [0.1, 0.15) is 11.1 Å². The average molecular weight is 354 g/mol. The van der Waals surface area contributed by atoms with Gasteiger partial charge in [-0.3, -0.25) is 0 Å². The fraction of sp³-hybridized carbons (Fsp3) is 0.167. The second-order valence-electron chi connectivity index (χ2n) is 5.39. The molecule has 3 rings (SSSR count). The zero-order valence-electron chi connectivity index (χ0n) is 14.2. The van der Waals surface area contributed by atoms with Crippen molar-refractivity contribution < 1.29 is 9.47 Å². The van der Waals surface area contributed by atoms with Gasteiger partial charge in [-0.15, -0.1) is 0 Å². The third-order valence-electron chi connectivity index (χ3n) is 3.70. The highest BCUT2D eigenvalue weighted by atomic mass is 32.1. The second-order valence-corrected chi connectivity index (χ2v) is 5.77. The molecular formula is C18H18N4O2S. The van der Waals surface area contributed by atoms with Gasteiger partial charge in [-0.1, -0.05) is 29.8 Å². The number of aromatic nitrogens is 3. The number of aryl methyl sites for hydroxylation is 1. The van der Waals surface area contributed by atoms with Gasteiger partial charge in [-0.25, -0.2) is 5.10 Å². The molecule has 0 unspecified atom stereocenters. The molecule has 0 spiro atoms. The van der Waals surface area contributed by atoms with Crippen molar-refractivity contribution in [3.05, 3.63) is 58.4 Å². The molecule has 1 N–H and O–H groups in total. The molecule has 0 atom stereocenters. The van der Waals surface area contributed by atoms with Crippen LogP contribution in [0.25, 0.3) is 11.4 Å². The van der Waals surface area contributed by atoms with E-state index in [-0.39, 0.29) is 0 Å². The Morgan fingerprint density at radius 3 is 2.56 bits per heavy atom. The summed E-state index contributed by atoms with van der Waals surface area (Å²) in [5.41, 5.74) is 2.93. The largest absolute Gasteiger partial charge is 0.497 e. The quantitative estimate of drug-likeness (QED) is 0.559. The van der Waals surface area contributed by atoms with Gasteiger partial charge in [-0.2, -0.15) is 14.9 Å². The first-order valence-electron chi connectivity index (χ1n) is 7.63. The van der Waals surface area contributed by atoms with Crippen molar-refractivity contribution in [1.29, 1.82) is 0 Å². The molecule has 0 bridgehead atoms. The lowest BCUT2D eigenvalue weighted by atomic mass is 10.2. The van der Waals surface area contributed by atoms with Gasteiger partial charge in [0.05, 0.1) is 26.0 Å². The van der Waals surface area contributed by atoms with E-state index in [0.717, 1.165) is 11.1 Å². The Morgan fingerprint density at radius 2 is 1.88 bits per heavy atom. The maximum absolute atomic E-state index is 5.45. The molecule has 1 heterocycles. The van der Waals surface area contributed by atoms with Crippen LogP contribution in [0.5, 0.6) is 11.5 Å². The number of methoxy groups -OCH3 is 2. The molecular weight excluding hydrogens is 336 g/mol. The molecule has 3 aromatic rings. The number of hydrogen-bond donors (Lipinski definition) is 1. The highest BCUT2D eigenvalue weighted by Crippen LogP contribution is 2.32. The van der Waals surface area contributed by atoms with E-state index in [1.54, 1.807) is 31.2 Å². The van der Waals surface area contributed by atoms with Gasteiger partial charge >= 0.3 is 0 Å². The summed E-state index contributed by atoms with van der Waals surface area (Å²) in [6, 6.07) is 13.5. The lowest BCUT2D eigenvalue weighted by Gasteiger charge is -2.09. The van der Waals surface area contributed by atoms with Crippen molar-refractivity contribution in [2.24, 2.45) is 5.10 Å². The molecule has 0 fully saturated rings. The Kier molecular flexibility index (Phi) is 4.95. The number of nitrogens with zero attached hydrogens (tertiary/aromatic N) is 3. The zero-order chi connectivity index (χ0) is 17.8. The van der Waals surface area contributed by atoms with Crippen LogP contribution in [-0.2, 0) is 0 Å². The third-order valence-corrected chi connectivity index (χ3v) is 3.96. The normalized spacial score (nSPS) is 11.0. The molecule has 0 saturated heterocycles. The Hall–Kier alpha value is -2.93. The number of ether oxygens (including phenoxy) is 2. The number of aromatic amines is 1. The topological polar surface area (TPSA) is 64.4 Å². The first-order valence-corrected chi connectivity index (χ1v) is 8.04. The molecule has 2 aromatic carbocycles. The second kappa shape index (κ2) is 7.31. The lowest BCUT2D eigenvalue weighted by molar-refractivity contribution is 0.395. The van der Waals surface area contributed by atoms with Crippen LogP contribution in [0.2, 0.25) is 0 Å². The SMILES string of the molecule is COc1ccc(-c2n[nH]c(=S)n2/N=C\c2ccc(C)cc2)c(OC)c1. The fourth-order valence-electron chi connectivity index (χ4n) is 2.33. The van der Waals surface area contributed by atoms with Gasteiger partial charge in [0.25, 0.3) is 0 Å². The molecule has 6 nitrogen and oxygen atoms in total. The van der Waals surface area contributed by atoms with Gasteiger partial charge < -0.3 is 9.47 Å². The number of benzene rings is 2. The first kappa shape index (κ1) is 16.9. The highest BCUT2D eigenvalue weighted by Gasteiger charge is 2.14. The number of H-pyrrole nitrogens is 1. The minimum absolute atomic E-state index is 0.399. The smallest absolute Gasteiger partial charge is 0.216 e. The van der Waals surface area contributed by atoms with E-state index in [4.69, 9.17) is 21.7 Å². The molecule has 0 aliphatic heterocycles. The van der Waals surface area contributed by atoms with Gasteiger partial charge in [0, 0.05) is 6.07 Å². The zero-order valence-corrected chi connectivity index (χ0v) is 15.0. The molecule has 25 heavy (non-hydrogen) atoms. The maximum atomic E-state index is 5.45. The van der Waals surface area contributed by atoms with Gasteiger partial charge in [0.15, 0.2) is 5.82 Å². The Morgan fingerprint density at radius 1 is 1.12 bits per heavy atom. The Labute approximate surface area is 150 Å². The molecule has 7 heteroatoms. The Balaban J connectivity index is 2.02.